The van der Waals surface area contributed by atoms with E-state index >= 15 is 0 Å². The molecule has 5 nitrogen and oxygen atoms in total. The molecule has 30 heavy (non-hydrogen) atoms. The van der Waals surface area contributed by atoms with Crippen molar-refractivity contribution in [1.82, 2.24) is 15.1 Å². The van der Waals surface area contributed by atoms with E-state index in [4.69, 9.17) is 16.3 Å². The highest BCUT2D eigenvalue weighted by Crippen LogP contribution is 2.33. The average molecular weight is 448 g/mol. The van der Waals surface area contributed by atoms with Crippen molar-refractivity contribution in [2.45, 2.75) is 58.1 Å². The Morgan fingerprint density at radius 1 is 1.17 bits per heavy atom. The zero-order valence-corrected chi connectivity index (χ0v) is 17.4. The van der Waals surface area contributed by atoms with Crippen molar-refractivity contribution < 1.29 is 27.1 Å². The fourth-order valence-electron chi connectivity index (χ4n) is 3.50. The Bertz CT molecular complexity index is 929. The first-order chi connectivity index (χ1) is 14.2. The van der Waals surface area contributed by atoms with Crippen molar-refractivity contribution in [3.05, 3.63) is 45.2 Å². The highest BCUT2D eigenvalue weighted by molar-refractivity contribution is 6.32. The van der Waals surface area contributed by atoms with E-state index < -0.39 is 53.1 Å². The van der Waals surface area contributed by atoms with Crippen LogP contribution in [-0.2, 0) is 31.2 Å². The SMILES string of the molecule is CCc1nn(C)c(CC(=O)NCc2c(F)c(F)c(OC3CCCC3)c(F)c2F)c1Cl. The third-order valence-corrected chi connectivity index (χ3v) is 5.63. The van der Waals surface area contributed by atoms with Gasteiger partial charge in [0.2, 0.25) is 17.5 Å². The van der Waals surface area contributed by atoms with E-state index in [1.165, 1.54) is 4.68 Å². The molecule has 0 spiro atoms. The van der Waals surface area contributed by atoms with Crippen molar-refractivity contribution >= 4 is 17.5 Å². The number of nitrogens with zero attached hydrogens (tertiary/aromatic N) is 2. The van der Waals surface area contributed by atoms with Crippen LogP contribution >= 0.6 is 11.6 Å². The molecule has 0 atom stereocenters. The molecule has 0 unspecified atom stereocenters. The number of aryl methyl sites for hydroxylation is 2. The predicted molar refractivity (Wildman–Crippen MR) is 102 cm³/mol. The van der Waals surface area contributed by atoms with Crippen molar-refractivity contribution in [2.75, 3.05) is 0 Å². The highest BCUT2D eigenvalue weighted by Gasteiger charge is 2.29. The van der Waals surface area contributed by atoms with E-state index in [0.717, 1.165) is 12.8 Å². The molecule has 0 radical (unpaired) electrons. The highest BCUT2D eigenvalue weighted by atomic mass is 35.5. The van der Waals surface area contributed by atoms with Crippen LogP contribution < -0.4 is 10.1 Å². The minimum atomic E-state index is -1.60. The molecular weight excluding hydrogens is 426 g/mol. The van der Waals surface area contributed by atoms with Gasteiger partial charge >= 0.3 is 0 Å². The van der Waals surface area contributed by atoms with Crippen molar-refractivity contribution in [2.24, 2.45) is 7.05 Å². The normalized spacial score (nSPS) is 14.4. The zero-order valence-electron chi connectivity index (χ0n) is 16.6. The summed E-state index contributed by atoms with van der Waals surface area (Å²) in [6.07, 6.45) is 2.66. The quantitative estimate of drug-likeness (QED) is 0.506. The first kappa shape index (κ1) is 22.4. The third-order valence-electron chi connectivity index (χ3n) is 5.19. The number of hydrogen-bond donors (Lipinski definition) is 1. The summed E-state index contributed by atoms with van der Waals surface area (Å²) in [7, 11) is 1.61. The van der Waals surface area contributed by atoms with Crippen molar-refractivity contribution in [3.63, 3.8) is 0 Å². The first-order valence-electron chi connectivity index (χ1n) is 9.72. The smallest absolute Gasteiger partial charge is 0.226 e. The number of ether oxygens (including phenoxy) is 1. The van der Waals surface area contributed by atoms with Crippen LogP contribution in [0.25, 0.3) is 0 Å². The van der Waals surface area contributed by atoms with E-state index in [9.17, 15) is 22.4 Å². The zero-order chi connectivity index (χ0) is 22.0. The summed E-state index contributed by atoms with van der Waals surface area (Å²) in [4.78, 5) is 12.2. The van der Waals surface area contributed by atoms with Gasteiger partial charge in [-0.3, -0.25) is 9.48 Å². The maximum atomic E-state index is 14.4. The van der Waals surface area contributed by atoms with Crippen LogP contribution in [0.2, 0.25) is 5.02 Å². The monoisotopic (exact) mass is 447 g/mol. The summed E-state index contributed by atoms with van der Waals surface area (Å²) in [5, 5.41) is 6.77. The fraction of sp³-hybridized carbons (Fsp3) is 0.500. The summed E-state index contributed by atoms with van der Waals surface area (Å²) in [6, 6.07) is 0. The summed E-state index contributed by atoms with van der Waals surface area (Å²) in [6.45, 7) is 1.12. The molecular formula is C20H22ClF4N3O2. The van der Waals surface area contributed by atoms with Gasteiger partial charge in [0.05, 0.1) is 28.9 Å². The lowest BCUT2D eigenvalue weighted by Crippen LogP contribution is -2.27. The van der Waals surface area contributed by atoms with Gasteiger partial charge in [0.15, 0.2) is 17.4 Å². The first-order valence-corrected chi connectivity index (χ1v) is 10.1. The molecule has 164 valence electrons. The molecule has 3 rings (SSSR count). The topological polar surface area (TPSA) is 56.2 Å². The van der Waals surface area contributed by atoms with Gasteiger partial charge in [0.25, 0.3) is 0 Å². The number of carbonyl (C=O) groups excluding carboxylic acids is 1. The van der Waals surface area contributed by atoms with Gasteiger partial charge in [-0.15, -0.1) is 0 Å². The van der Waals surface area contributed by atoms with Crippen LogP contribution in [0.3, 0.4) is 0 Å². The molecule has 1 saturated carbocycles. The van der Waals surface area contributed by atoms with E-state index in [1.54, 1.807) is 7.05 Å². The van der Waals surface area contributed by atoms with Crippen LogP contribution in [0.1, 0.15) is 49.6 Å². The maximum absolute atomic E-state index is 14.4. The Hall–Kier alpha value is -2.29. The third kappa shape index (κ3) is 4.40. The molecule has 1 fully saturated rings. The predicted octanol–water partition coefficient (Wildman–Crippen LogP) is 4.37. The number of carbonyl (C=O) groups is 1. The molecule has 1 heterocycles. The van der Waals surface area contributed by atoms with Crippen LogP contribution in [0.4, 0.5) is 17.6 Å². The summed E-state index contributed by atoms with van der Waals surface area (Å²) >= 11 is 6.17. The Morgan fingerprint density at radius 3 is 2.30 bits per heavy atom. The van der Waals surface area contributed by atoms with E-state index in [2.05, 4.69) is 10.4 Å². The molecule has 0 bridgehead atoms. The Kier molecular flexibility index (Phi) is 6.90. The summed E-state index contributed by atoms with van der Waals surface area (Å²) < 4.78 is 64.0. The minimum absolute atomic E-state index is 0.209. The Morgan fingerprint density at radius 2 is 1.77 bits per heavy atom. The lowest BCUT2D eigenvalue weighted by atomic mass is 10.1. The second-order valence-electron chi connectivity index (χ2n) is 7.23. The van der Waals surface area contributed by atoms with Crippen molar-refractivity contribution in [3.8, 4) is 5.75 Å². The lowest BCUT2D eigenvalue weighted by Gasteiger charge is -2.17. The van der Waals surface area contributed by atoms with Crippen LogP contribution in [0.15, 0.2) is 0 Å². The number of halogens is 5. The standard InChI is InChI=1S/C20H22ClF4N3O2/c1-3-12-15(21)13(28(2)27-12)8-14(29)26-9-11-16(22)18(24)20(19(25)17(11)23)30-10-6-4-5-7-10/h10H,3-9H2,1-2H3,(H,26,29). The molecule has 1 amide bonds. The van der Waals surface area contributed by atoms with E-state index in [1.807, 2.05) is 6.92 Å². The molecule has 1 aliphatic rings. The second kappa shape index (κ2) is 9.24. The van der Waals surface area contributed by atoms with Crippen LogP contribution in [0.5, 0.6) is 5.75 Å². The van der Waals surface area contributed by atoms with Gasteiger partial charge in [-0.2, -0.15) is 13.9 Å². The Labute approximate surface area is 176 Å². The minimum Gasteiger partial charge on any atom is -0.484 e. The molecule has 1 aliphatic carbocycles. The molecule has 0 aliphatic heterocycles. The molecule has 1 aromatic carbocycles. The molecule has 2 aromatic rings. The summed E-state index contributed by atoms with van der Waals surface area (Å²) in [5.74, 6) is -8.07. The number of nitrogens with one attached hydrogen (secondary N) is 1. The van der Waals surface area contributed by atoms with Gasteiger partial charge in [-0.25, -0.2) is 8.78 Å². The van der Waals surface area contributed by atoms with Crippen LogP contribution in [0, 0.1) is 23.3 Å². The van der Waals surface area contributed by atoms with E-state index in [0.29, 0.717) is 35.7 Å². The average Bonchev–Trinajstić information content (AvgIpc) is 3.33. The fourth-order valence-corrected chi connectivity index (χ4v) is 3.86. The van der Waals surface area contributed by atoms with Gasteiger partial charge in [-0.05, 0) is 32.1 Å². The summed E-state index contributed by atoms with van der Waals surface area (Å²) in [5.41, 5.74) is 0.119. The maximum Gasteiger partial charge on any atom is 0.226 e. The molecule has 0 saturated heterocycles. The van der Waals surface area contributed by atoms with Gasteiger partial charge < -0.3 is 10.1 Å². The lowest BCUT2D eigenvalue weighted by molar-refractivity contribution is -0.120. The number of hydrogen-bond acceptors (Lipinski definition) is 3. The van der Waals surface area contributed by atoms with Gasteiger partial charge in [0, 0.05) is 19.2 Å². The molecule has 1 N–H and O–H groups in total. The van der Waals surface area contributed by atoms with Crippen LogP contribution in [-0.4, -0.2) is 21.8 Å². The number of amides is 1. The number of benzene rings is 1. The number of aromatic nitrogens is 2. The second-order valence-corrected chi connectivity index (χ2v) is 7.60. The number of rotatable bonds is 7. The van der Waals surface area contributed by atoms with Gasteiger partial charge in [0.1, 0.15) is 0 Å². The van der Waals surface area contributed by atoms with Gasteiger partial charge in [-0.1, -0.05) is 18.5 Å². The molecule has 1 aromatic heterocycles. The largest absolute Gasteiger partial charge is 0.484 e. The van der Waals surface area contributed by atoms with Crippen molar-refractivity contribution in [1.29, 1.82) is 0 Å². The van der Waals surface area contributed by atoms with E-state index in [-0.39, 0.29) is 6.42 Å². The Balaban J connectivity index is 1.73. The molecule has 10 heteroatoms.